The Kier molecular flexibility index (Phi) is 4.25. The van der Waals surface area contributed by atoms with E-state index in [0.29, 0.717) is 0 Å². The number of anilines is 1. The van der Waals surface area contributed by atoms with Gasteiger partial charge in [0.05, 0.1) is 27.6 Å². The van der Waals surface area contributed by atoms with Crippen LogP contribution in [0, 0.1) is 10.1 Å². The van der Waals surface area contributed by atoms with Crippen molar-refractivity contribution < 1.29 is 9.49 Å². The fourth-order valence-corrected chi connectivity index (χ4v) is 4.00. The molecule has 1 heterocycles. The van der Waals surface area contributed by atoms with Crippen molar-refractivity contribution in [2.75, 3.05) is 12.1 Å². The van der Waals surface area contributed by atoms with Gasteiger partial charge >= 0.3 is 5.13 Å². The molecule has 4 rings (SSSR count). The summed E-state index contributed by atoms with van der Waals surface area (Å²) in [5, 5.41) is 24.1. The summed E-state index contributed by atoms with van der Waals surface area (Å²) < 4.78 is 3.18. The molecule has 1 aromatic heterocycles. The van der Waals surface area contributed by atoms with Crippen LogP contribution >= 0.6 is 11.3 Å². The second-order valence-corrected chi connectivity index (χ2v) is 7.04. The molecular weight excluding hydrogens is 362 g/mol. The summed E-state index contributed by atoms with van der Waals surface area (Å²) in [6.45, 7) is 0. The molecule has 3 aromatic carbocycles. The Balaban J connectivity index is 1.67. The smallest absolute Gasteiger partial charge is 0.258 e. The highest BCUT2D eigenvalue weighted by Crippen LogP contribution is 2.32. The third-order valence-electron chi connectivity index (χ3n) is 4.40. The van der Waals surface area contributed by atoms with Gasteiger partial charge < -0.3 is 0 Å². The Morgan fingerprint density at radius 1 is 1.07 bits per heavy atom. The number of aromatic nitrogens is 1. The number of aryl methyl sites for hydroxylation is 1. The van der Waals surface area contributed by atoms with Gasteiger partial charge in [-0.05, 0) is 34.9 Å². The van der Waals surface area contributed by atoms with Crippen LogP contribution in [0.3, 0.4) is 0 Å². The highest BCUT2D eigenvalue weighted by molar-refractivity contribution is 7.22. The van der Waals surface area contributed by atoms with Crippen LogP contribution in [-0.2, 0) is 7.05 Å². The minimum Gasteiger partial charge on any atom is -0.258 e. The number of rotatable bonds is 4. The SMILES string of the molecule is CN(N=Nc1sc2c3ccccc3ccc2[n+]1C)c1ccc([N+](=O)[O-])cc1. The maximum atomic E-state index is 10.8. The second kappa shape index (κ2) is 6.73. The number of benzene rings is 3. The number of nitro groups is 1. The van der Waals surface area contributed by atoms with Crippen molar-refractivity contribution in [1.29, 1.82) is 0 Å². The fraction of sp³-hybridized carbons (Fsp3) is 0.105. The standard InChI is InChI=1S/C19H16N5O2S/c1-22-17-12-7-13-5-3-4-6-16(13)18(17)27-19(22)20-21-23(2)14-8-10-15(11-9-14)24(25)26/h3-12H,1-2H3/q+1. The molecule has 0 aliphatic rings. The largest absolute Gasteiger partial charge is 0.411 e. The summed E-state index contributed by atoms with van der Waals surface area (Å²) in [5.41, 5.74) is 1.87. The van der Waals surface area contributed by atoms with Crippen molar-refractivity contribution in [3.8, 4) is 0 Å². The third kappa shape index (κ3) is 3.11. The normalized spacial score (nSPS) is 11.5. The molecule has 0 fully saturated rings. The number of hydrogen-bond donors (Lipinski definition) is 0. The van der Waals surface area contributed by atoms with Crippen molar-refractivity contribution in [2.45, 2.75) is 0 Å². The number of fused-ring (bicyclic) bond motifs is 3. The summed E-state index contributed by atoms with van der Waals surface area (Å²) in [5.74, 6) is 0. The van der Waals surface area contributed by atoms with Gasteiger partial charge in [-0.25, -0.2) is 9.58 Å². The predicted molar refractivity (Wildman–Crippen MR) is 107 cm³/mol. The summed E-state index contributed by atoms with van der Waals surface area (Å²) in [7, 11) is 3.72. The Morgan fingerprint density at radius 2 is 1.81 bits per heavy atom. The maximum absolute atomic E-state index is 10.8. The zero-order valence-electron chi connectivity index (χ0n) is 14.7. The van der Waals surface area contributed by atoms with E-state index in [0.717, 1.165) is 16.3 Å². The quantitative estimate of drug-likeness (QED) is 0.219. The summed E-state index contributed by atoms with van der Waals surface area (Å²) in [4.78, 5) is 10.3. The van der Waals surface area contributed by atoms with Crippen molar-refractivity contribution >= 4 is 48.8 Å². The van der Waals surface area contributed by atoms with E-state index in [2.05, 4.69) is 34.6 Å². The first kappa shape index (κ1) is 17.0. The van der Waals surface area contributed by atoms with E-state index >= 15 is 0 Å². The minimum absolute atomic E-state index is 0.0480. The monoisotopic (exact) mass is 378 g/mol. The molecule has 0 spiro atoms. The van der Waals surface area contributed by atoms with Gasteiger partial charge in [0.2, 0.25) is 0 Å². The lowest BCUT2D eigenvalue weighted by atomic mass is 10.1. The van der Waals surface area contributed by atoms with Gasteiger partial charge in [-0.3, -0.25) is 10.1 Å². The van der Waals surface area contributed by atoms with Crippen molar-refractivity contribution in [1.82, 2.24) is 0 Å². The average Bonchev–Trinajstić information content (AvgIpc) is 3.02. The molecular formula is C19H16N5O2S+. The second-order valence-electron chi connectivity index (χ2n) is 6.07. The lowest BCUT2D eigenvalue weighted by molar-refractivity contribution is -0.627. The Labute approximate surface area is 158 Å². The van der Waals surface area contributed by atoms with E-state index in [9.17, 15) is 10.1 Å². The molecule has 0 radical (unpaired) electrons. The Hall–Kier alpha value is -3.39. The first-order chi connectivity index (χ1) is 13.0. The van der Waals surface area contributed by atoms with Crippen molar-refractivity contribution in [2.24, 2.45) is 17.4 Å². The Bertz CT molecular complexity index is 1180. The number of thiazole rings is 1. The maximum Gasteiger partial charge on any atom is 0.411 e. The molecule has 134 valence electrons. The van der Waals surface area contributed by atoms with E-state index in [4.69, 9.17) is 0 Å². The number of non-ortho nitro benzene ring substituents is 1. The van der Waals surface area contributed by atoms with Crippen LogP contribution in [0.1, 0.15) is 0 Å². The minimum atomic E-state index is -0.424. The van der Waals surface area contributed by atoms with Gasteiger partial charge in [0.25, 0.3) is 5.69 Å². The molecule has 0 aliphatic carbocycles. The van der Waals surface area contributed by atoms with Crippen molar-refractivity contribution in [3.63, 3.8) is 0 Å². The summed E-state index contributed by atoms with van der Waals surface area (Å²) >= 11 is 1.58. The molecule has 0 aliphatic heterocycles. The fourth-order valence-electron chi connectivity index (χ4n) is 2.90. The van der Waals surface area contributed by atoms with E-state index < -0.39 is 4.92 Å². The van der Waals surface area contributed by atoms with E-state index in [1.54, 1.807) is 35.5 Å². The molecule has 4 aromatic rings. The summed E-state index contributed by atoms with van der Waals surface area (Å²) in [6, 6.07) is 18.7. The number of hydrogen-bond acceptors (Lipinski definition) is 5. The first-order valence-electron chi connectivity index (χ1n) is 8.25. The molecule has 0 bridgehead atoms. The van der Waals surface area contributed by atoms with Gasteiger partial charge in [-0.2, -0.15) is 0 Å². The molecule has 0 saturated heterocycles. The lowest BCUT2D eigenvalue weighted by Crippen LogP contribution is -2.25. The molecule has 8 heteroatoms. The Morgan fingerprint density at radius 3 is 2.56 bits per heavy atom. The van der Waals surface area contributed by atoms with Crippen LogP contribution in [-0.4, -0.2) is 12.0 Å². The third-order valence-corrected chi connectivity index (χ3v) is 5.57. The van der Waals surface area contributed by atoms with E-state index in [1.165, 1.54) is 27.6 Å². The van der Waals surface area contributed by atoms with Crippen LogP contribution in [0.2, 0.25) is 0 Å². The van der Waals surface area contributed by atoms with Gasteiger partial charge in [0.1, 0.15) is 10.6 Å². The van der Waals surface area contributed by atoms with Gasteiger partial charge in [0.15, 0.2) is 0 Å². The molecule has 27 heavy (non-hydrogen) atoms. The van der Waals surface area contributed by atoms with Gasteiger partial charge in [-0.15, -0.1) is 0 Å². The van der Waals surface area contributed by atoms with Crippen LogP contribution in [0.25, 0.3) is 21.0 Å². The van der Waals surface area contributed by atoms with E-state index in [-0.39, 0.29) is 5.69 Å². The average molecular weight is 378 g/mol. The number of nitro benzene ring substituents is 1. The van der Waals surface area contributed by atoms with Crippen molar-refractivity contribution in [3.05, 3.63) is 70.8 Å². The van der Waals surface area contributed by atoms with Crippen LogP contribution in [0.15, 0.2) is 71.0 Å². The first-order valence-corrected chi connectivity index (χ1v) is 9.06. The molecule has 0 amide bonds. The van der Waals surface area contributed by atoms with Crippen LogP contribution in [0.5, 0.6) is 0 Å². The molecule has 0 unspecified atom stereocenters. The zero-order chi connectivity index (χ0) is 19.0. The number of nitrogens with zero attached hydrogens (tertiary/aromatic N) is 5. The highest BCUT2D eigenvalue weighted by Gasteiger charge is 2.18. The molecule has 0 atom stereocenters. The lowest BCUT2D eigenvalue weighted by Gasteiger charge is -2.07. The predicted octanol–water partition coefficient (Wildman–Crippen LogP) is 4.92. The topological polar surface area (TPSA) is 75.0 Å². The zero-order valence-corrected chi connectivity index (χ0v) is 15.6. The summed E-state index contributed by atoms with van der Waals surface area (Å²) in [6.07, 6.45) is 0. The van der Waals surface area contributed by atoms with Crippen LogP contribution < -0.4 is 9.58 Å². The highest BCUT2D eigenvalue weighted by atomic mass is 32.1. The van der Waals surface area contributed by atoms with Gasteiger partial charge in [0, 0.05) is 24.6 Å². The molecule has 0 saturated carbocycles. The van der Waals surface area contributed by atoms with E-state index in [1.807, 2.05) is 23.7 Å². The molecule has 0 N–H and O–H groups in total. The molecule has 7 nitrogen and oxygen atoms in total. The van der Waals surface area contributed by atoms with Gasteiger partial charge in [-0.1, -0.05) is 30.3 Å². The van der Waals surface area contributed by atoms with Crippen LogP contribution in [0.4, 0.5) is 16.5 Å².